The number of likely N-dealkylation sites (N-methyl/N-ethyl adjacent to an activating group) is 1. The Balaban J connectivity index is 2.13. The van der Waals surface area contributed by atoms with Gasteiger partial charge in [-0.3, -0.25) is 4.90 Å². The summed E-state index contributed by atoms with van der Waals surface area (Å²) in [5, 5.41) is 0. The van der Waals surface area contributed by atoms with E-state index in [-0.39, 0.29) is 0 Å². The Hall–Kier alpha value is -0.870. The second-order valence-electron chi connectivity index (χ2n) is 3.98. The van der Waals surface area contributed by atoms with E-state index in [1.165, 1.54) is 5.56 Å². The summed E-state index contributed by atoms with van der Waals surface area (Å²) in [5.74, 6) is 0.727. The van der Waals surface area contributed by atoms with E-state index in [1.54, 1.807) is 0 Å². The van der Waals surface area contributed by atoms with Gasteiger partial charge in [-0.25, -0.2) is 4.98 Å². The molecule has 0 N–H and O–H groups in total. The number of fused-ring (bicyclic) bond motifs is 1. The van der Waals surface area contributed by atoms with Crippen LogP contribution in [0.3, 0.4) is 0 Å². The van der Waals surface area contributed by atoms with Gasteiger partial charge in [0.1, 0.15) is 5.52 Å². The van der Waals surface area contributed by atoms with Crippen LogP contribution in [0.5, 0.6) is 0 Å². The number of aromatic nitrogens is 1. The number of halogens is 1. The van der Waals surface area contributed by atoms with Gasteiger partial charge in [-0.1, -0.05) is 22.0 Å². The number of hydrogen-bond donors (Lipinski definition) is 0. The van der Waals surface area contributed by atoms with Gasteiger partial charge in [-0.2, -0.15) is 0 Å². The number of oxazole rings is 1. The number of nitrogens with zero attached hydrogens (tertiary/aromatic N) is 2. The Kier molecular flexibility index (Phi) is 3.61. The summed E-state index contributed by atoms with van der Waals surface area (Å²) in [7, 11) is 2.09. The first-order valence-corrected chi connectivity index (χ1v) is 6.42. The molecule has 0 amide bonds. The van der Waals surface area contributed by atoms with Crippen LogP contribution in [0.4, 0.5) is 0 Å². The van der Waals surface area contributed by atoms with Crippen LogP contribution in [-0.2, 0) is 6.42 Å². The van der Waals surface area contributed by atoms with Crippen LogP contribution in [-0.4, -0.2) is 28.9 Å². The largest absolute Gasteiger partial charge is 0.441 e. The van der Waals surface area contributed by atoms with Crippen molar-refractivity contribution in [3.05, 3.63) is 29.7 Å². The van der Waals surface area contributed by atoms with Crippen LogP contribution in [0.1, 0.15) is 11.5 Å². The maximum Gasteiger partial charge on any atom is 0.192 e. The van der Waals surface area contributed by atoms with E-state index >= 15 is 0 Å². The summed E-state index contributed by atoms with van der Waals surface area (Å²) in [6.07, 6.45) is 1.03. The maximum absolute atomic E-state index is 5.51. The van der Waals surface area contributed by atoms with Crippen molar-refractivity contribution in [3.8, 4) is 0 Å². The van der Waals surface area contributed by atoms with Crippen molar-refractivity contribution in [1.29, 1.82) is 0 Å². The molecule has 0 radical (unpaired) electrons. The molecule has 3 nitrogen and oxygen atoms in total. The molecule has 4 heteroatoms. The Morgan fingerprint density at radius 3 is 3.00 bits per heavy atom. The summed E-state index contributed by atoms with van der Waals surface area (Å²) in [6, 6.07) is 6.22. The first-order chi connectivity index (χ1) is 7.69. The smallest absolute Gasteiger partial charge is 0.192 e. The molecule has 1 aromatic heterocycles. The number of benzene rings is 1. The molecule has 0 atom stereocenters. The van der Waals surface area contributed by atoms with Gasteiger partial charge in [-0.15, -0.1) is 0 Å². The zero-order chi connectivity index (χ0) is 11.5. The molecule has 0 aliphatic carbocycles. The van der Waals surface area contributed by atoms with Crippen LogP contribution >= 0.6 is 15.9 Å². The fourth-order valence-electron chi connectivity index (χ4n) is 1.62. The lowest BCUT2D eigenvalue weighted by Gasteiger charge is -2.11. The Morgan fingerprint density at radius 1 is 1.44 bits per heavy atom. The maximum atomic E-state index is 5.51. The quantitative estimate of drug-likeness (QED) is 0.638. The van der Waals surface area contributed by atoms with E-state index in [4.69, 9.17) is 4.42 Å². The highest BCUT2D eigenvalue weighted by Crippen LogP contribution is 2.17. The van der Waals surface area contributed by atoms with E-state index in [9.17, 15) is 0 Å². The SMILES string of the molecule is Cc1nc2ccc(CCN(C)CBr)cc2o1. The average Bonchev–Trinajstić information content (AvgIpc) is 2.65. The molecule has 0 bridgehead atoms. The summed E-state index contributed by atoms with van der Waals surface area (Å²) in [6.45, 7) is 2.90. The third-order valence-electron chi connectivity index (χ3n) is 2.55. The lowest BCUT2D eigenvalue weighted by atomic mass is 10.1. The predicted molar refractivity (Wildman–Crippen MR) is 68.9 cm³/mol. The molecule has 86 valence electrons. The number of alkyl halides is 1. The van der Waals surface area contributed by atoms with Gasteiger partial charge in [0.05, 0.1) is 5.45 Å². The van der Waals surface area contributed by atoms with Crippen molar-refractivity contribution in [2.75, 3.05) is 19.0 Å². The Bertz CT molecular complexity index is 481. The van der Waals surface area contributed by atoms with Crippen LogP contribution in [0.25, 0.3) is 11.1 Å². The predicted octanol–water partition coefficient (Wildman–Crippen LogP) is 2.96. The molecule has 2 rings (SSSR count). The monoisotopic (exact) mass is 282 g/mol. The van der Waals surface area contributed by atoms with Gasteiger partial charge in [-0.05, 0) is 31.2 Å². The van der Waals surface area contributed by atoms with Gasteiger partial charge in [0.15, 0.2) is 11.5 Å². The molecule has 0 saturated carbocycles. The number of rotatable bonds is 4. The van der Waals surface area contributed by atoms with Gasteiger partial charge >= 0.3 is 0 Å². The molecule has 1 aromatic carbocycles. The molecule has 0 spiro atoms. The molecular weight excluding hydrogens is 268 g/mol. The summed E-state index contributed by atoms with van der Waals surface area (Å²) in [4.78, 5) is 6.50. The van der Waals surface area contributed by atoms with Gasteiger partial charge in [0.25, 0.3) is 0 Å². The van der Waals surface area contributed by atoms with E-state index in [2.05, 4.69) is 45.0 Å². The van der Waals surface area contributed by atoms with Crippen LogP contribution in [0.15, 0.2) is 22.6 Å². The van der Waals surface area contributed by atoms with Crippen molar-refractivity contribution in [2.45, 2.75) is 13.3 Å². The molecular formula is C12H15BrN2O. The Morgan fingerprint density at radius 2 is 2.25 bits per heavy atom. The van der Waals surface area contributed by atoms with Crippen LogP contribution in [0.2, 0.25) is 0 Å². The summed E-state index contributed by atoms with van der Waals surface area (Å²) >= 11 is 3.43. The topological polar surface area (TPSA) is 29.3 Å². The first kappa shape index (κ1) is 11.6. The zero-order valence-corrected chi connectivity index (χ0v) is 11.1. The van der Waals surface area contributed by atoms with Gasteiger partial charge in [0, 0.05) is 13.5 Å². The van der Waals surface area contributed by atoms with E-state index < -0.39 is 0 Å². The molecule has 0 fully saturated rings. The van der Waals surface area contributed by atoms with E-state index in [1.807, 2.05) is 13.0 Å². The minimum absolute atomic E-state index is 0.727. The second-order valence-corrected chi connectivity index (χ2v) is 4.49. The summed E-state index contributed by atoms with van der Waals surface area (Å²) in [5.41, 5.74) is 4.01. The molecule has 0 saturated heterocycles. The van der Waals surface area contributed by atoms with Crippen LogP contribution < -0.4 is 0 Å². The van der Waals surface area contributed by atoms with Crippen LogP contribution in [0, 0.1) is 6.92 Å². The van der Waals surface area contributed by atoms with Crippen molar-refractivity contribution in [3.63, 3.8) is 0 Å². The van der Waals surface area contributed by atoms with Crippen molar-refractivity contribution in [2.24, 2.45) is 0 Å². The lowest BCUT2D eigenvalue weighted by molar-refractivity contribution is 0.401. The molecule has 1 heterocycles. The fourth-order valence-corrected chi connectivity index (χ4v) is 1.87. The molecule has 16 heavy (non-hydrogen) atoms. The first-order valence-electron chi connectivity index (χ1n) is 5.29. The Labute approximate surface area is 104 Å². The van der Waals surface area contributed by atoms with Gasteiger partial charge in [0.2, 0.25) is 0 Å². The lowest BCUT2D eigenvalue weighted by Crippen LogP contribution is -2.18. The summed E-state index contributed by atoms with van der Waals surface area (Å²) < 4.78 is 5.51. The van der Waals surface area contributed by atoms with Crippen molar-refractivity contribution >= 4 is 27.0 Å². The van der Waals surface area contributed by atoms with Crippen molar-refractivity contribution in [1.82, 2.24) is 9.88 Å². The van der Waals surface area contributed by atoms with E-state index in [0.29, 0.717) is 0 Å². The fraction of sp³-hybridized carbons (Fsp3) is 0.417. The van der Waals surface area contributed by atoms with Gasteiger partial charge < -0.3 is 4.42 Å². The standard InChI is InChI=1S/C12H15BrN2O/c1-9-14-11-4-3-10(7-12(11)16-9)5-6-15(2)8-13/h3-4,7H,5-6,8H2,1-2H3. The molecule has 0 aliphatic rings. The number of hydrogen-bond acceptors (Lipinski definition) is 3. The third kappa shape index (κ3) is 2.62. The van der Waals surface area contributed by atoms with E-state index in [0.717, 1.165) is 35.4 Å². The number of aryl methyl sites for hydroxylation is 1. The zero-order valence-electron chi connectivity index (χ0n) is 9.53. The molecule has 0 unspecified atom stereocenters. The average molecular weight is 283 g/mol. The van der Waals surface area contributed by atoms with Crippen molar-refractivity contribution < 1.29 is 4.42 Å². The molecule has 0 aliphatic heterocycles. The highest BCUT2D eigenvalue weighted by molar-refractivity contribution is 9.09. The highest BCUT2D eigenvalue weighted by Gasteiger charge is 2.03. The highest BCUT2D eigenvalue weighted by atomic mass is 79.9. The minimum Gasteiger partial charge on any atom is -0.441 e. The third-order valence-corrected chi connectivity index (χ3v) is 3.40. The minimum atomic E-state index is 0.727. The normalized spacial score (nSPS) is 11.5. The molecule has 2 aromatic rings. The second kappa shape index (κ2) is 4.97.